The monoisotopic (exact) mass is 416 g/mol. The fraction of sp³-hybridized carbons (Fsp3) is 0.190. The number of halogens is 3. The maximum absolute atomic E-state index is 12.7. The normalized spacial score (nSPS) is 11.2. The number of amides is 2. The summed E-state index contributed by atoms with van der Waals surface area (Å²) in [6, 6.07) is 14.6. The van der Waals surface area contributed by atoms with Gasteiger partial charge in [0, 0.05) is 25.4 Å². The van der Waals surface area contributed by atoms with E-state index >= 15 is 0 Å². The molecule has 0 aliphatic carbocycles. The number of hydrogen-bond acceptors (Lipinski definition) is 3. The molecule has 0 aliphatic rings. The van der Waals surface area contributed by atoms with Gasteiger partial charge in [-0.1, -0.05) is 24.3 Å². The van der Waals surface area contributed by atoms with Crippen LogP contribution in [0.5, 0.6) is 0 Å². The average molecular weight is 416 g/mol. The molecule has 2 aromatic carbocycles. The molecule has 30 heavy (non-hydrogen) atoms. The van der Waals surface area contributed by atoms with Crippen molar-refractivity contribution in [3.63, 3.8) is 0 Å². The van der Waals surface area contributed by atoms with Gasteiger partial charge in [-0.15, -0.1) is 0 Å². The molecule has 3 aromatic rings. The maximum atomic E-state index is 12.7. The Morgan fingerprint density at radius 1 is 0.967 bits per heavy atom. The van der Waals surface area contributed by atoms with E-state index in [1.54, 1.807) is 48.5 Å². The van der Waals surface area contributed by atoms with Crippen LogP contribution >= 0.6 is 0 Å². The molecule has 0 aliphatic heterocycles. The number of nitrogens with one attached hydrogen (secondary N) is 2. The highest BCUT2D eigenvalue weighted by atomic mass is 19.4. The van der Waals surface area contributed by atoms with Crippen molar-refractivity contribution < 1.29 is 22.8 Å². The van der Waals surface area contributed by atoms with Gasteiger partial charge in [-0.05, 0) is 41.5 Å². The van der Waals surface area contributed by atoms with Gasteiger partial charge in [0.1, 0.15) is 0 Å². The van der Waals surface area contributed by atoms with E-state index in [1.165, 1.54) is 13.1 Å². The van der Waals surface area contributed by atoms with Crippen molar-refractivity contribution in [1.82, 2.24) is 15.1 Å². The predicted octanol–water partition coefficient (Wildman–Crippen LogP) is 3.71. The van der Waals surface area contributed by atoms with Crippen LogP contribution in [0.3, 0.4) is 0 Å². The third-order valence-electron chi connectivity index (χ3n) is 4.21. The first-order valence-electron chi connectivity index (χ1n) is 9.06. The van der Waals surface area contributed by atoms with E-state index in [9.17, 15) is 22.8 Å². The highest BCUT2D eigenvalue weighted by Crippen LogP contribution is 2.27. The van der Waals surface area contributed by atoms with E-state index in [-0.39, 0.29) is 24.8 Å². The number of anilines is 1. The molecule has 0 spiro atoms. The third-order valence-corrected chi connectivity index (χ3v) is 4.21. The fourth-order valence-corrected chi connectivity index (χ4v) is 2.74. The molecule has 0 atom stereocenters. The third kappa shape index (κ3) is 5.69. The van der Waals surface area contributed by atoms with Gasteiger partial charge in [-0.3, -0.25) is 9.59 Å². The summed E-state index contributed by atoms with van der Waals surface area (Å²) in [4.78, 5) is 23.1. The summed E-state index contributed by atoms with van der Waals surface area (Å²) in [7, 11) is 0. The largest absolute Gasteiger partial charge is 0.435 e. The molecule has 1 heterocycles. The Hall–Kier alpha value is -3.62. The van der Waals surface area contributed by atoms with Crippen LogP contribution in [0.1, 0.15) is 23.7 Å². The zero-order valence-electron chi connectivity index (χ0n) is 16.0. The Morgan fingerprint density at radius 3 is 2.17 bits per heavy atom. The van der Waals surface area contributed by atoms with Gasteiger partial charge >= 0.3 is 6.18 Å². The Bertz CT molecular complexity index is 1030. The van der Waals surface area contributed by atoms with Gasteiger partial charge < -0.3 is 10.6 Å². The van der Waals surface area contributed by atoms with Crippen LogP contribution in [-0.2, 0) is 28.7 Å². The molecule has 0 fully saturated rings. The number of hydrogen-bond donors (Lipinski definition) is 2. The Labute approximate surface area is 170 Å². The number of nitrogens with zero attached hydrogens (tertiary/aromatic N) is 2. The second kappa shape index (κ2) is 8.81. The topological polar surface area (TPSA) is 76.0 Å². The Balaban J connectivity index is 1.52. The Morgan fingerprint density at radius 2 is 1.60 bits per heavy atom. The highest BCUT2D eigenvalue weighted by molar-refractivity contribution is 5.88. The van der Waals surface area contributed by atoms with Crippen molar-refractivity contribution in [2.24, 2.45) is 0 Å². The summed E-state index contributed by atoms with van der Waals surface area (Å²) in [6.45, 7) is 1.71. The van der Waals surface area contributed by atoms with Crippen molar-refractivity contribution in [1.29, 1.82) is 0 Å². The van der Waals surface area contributed by atoms with E-state index < -0.39 is 11.9 Å². The maximum Gasteiger partial charge on any atom is 0.435 e. The number of carbonyl (C=O) groups excluding carboxylic acids is 2. The second-order valence-corrected chi connectivity index (χ2v) is 6.64. The molecule has 3 rings (SSSR count). The van der Waals surface area contributed by atoms with Crippen LogP contribution in [0, 0.1) is 0 Å². The van der Waals surface area contributed by atoms with Crippen LogP contribution in [-0.4, -0.2) is 21.6 Å². The van der Waals surface area contributed by atoms with Gasteiger partial charge in [0.2, 0.25) is 11.8 Å². The molecule has 0 saturated carbocycles. The van der Waals surface area contributed by atoms with E-state index in [0.29, 0.717) is 11.4 Å². The van der Waals surface area contributed by atoms with Gasteiger partial charge in [-0.25, -0.2) is 4.68 Å². The minimum absolute atomic E-state index is 0.167. The fourth-order valence-electron chi connectivity index (χ4n) is 2.74. The van der Waals surface area contributed by atoms with Gasteiger partial charge in [0.15, 0.2) is 5.69 Å². The predicted molar refractivity (Wildman–Crippen MR) is 105 cm³/mol. The first-order chi connectivity index (χ1) is 14.2. The van der Waals surface area contributed by atoms with Crippen LogP contribution in [0.15, 0.2) is 60.8 Å². The van der Waals surface area contributed by atoms with Gasteiger partial charge in [0.25, 0.3) is 0 Å². The minimum atomic E-state index is -4.49. The molecule has 0 saturated heterocycles. The second-order valence-electron chi connectivity index (χ2n) is 6.64. The van der Waals surface area contributed by atoms with E-state index in [4.69, 9.17) is 0 Å². The van der Waals surface area contributed by atoms with Gasteiger partial charge in [0.05, 0.1) is 12.1 Å². The SMILES string of the molecule is CC(=O)Nc1ccc(CC(=O)NCc2ccc(-n3ccc(C(F)(F)F)n3)cc2)cc1. The van der Waals surface area contributed by atoms with Crippen LogP contribution < -0.4 is 10.6 Å². The van der Waals surface area contributed by atoms with Gasteiger partial charge in [-0.2, -0.15) is 18.3 Å². The lowest BCUT2D eigenvalue weighted by Gasteiger charge is -2.08. The summed E-state index contributed by atoms with van der Waals surface area (Å²) in [6.07, 6.45) is -3.05. The van der Waals surface area contributed by atoms with Crippen LogP contribution in [0.2, 0.25) is 0 Å². The molecule has 0 radical (unpaired) electrons. The summed E-state index contributed by atoms with van der Waals surface area (Å²) in [5.41, 5.74) is 1.79. The summed E-state index contributed by atoms with van der Waals surface area (Å²) >= 11 is 0. The number of alkyl halides is 3. The Kier molecular flexibility index (Phi) is 6.20. The molecular weight excluding hydrogens is 397 g/mol. The summed E-state index contributed by atoms with van der Waals surface area (Å²) < 4.78 is 39.1. The molecule has 0 bridgehead atoms. The first-order valence-corrected chi connectivity index (χ1v) is 9.06. The molecular formula is C21H19F3N4O2. The number of rotatable bonds is 6. The zero-order valence-corrected chi connectivity index (χ0v) is 16.0. The van der Waals surface area contributed by atoms with Crippen molar-refractivity contribution in [2.75, 3.05) is 5.32 Å². The lowest BCUT2D eigenvalue weighted by Crippen LogP contribution is -2.24. The van der Waals surface area contributed by atoms with Crippen molar-refractivity contribution >= 4 is 17.5 Å². The molecule has 156 valence electrons. The standard InChI is InChI=1S/C21H19F3N4O2/c1-14(29)26-17-6-2-15(3-7-17)12-20(30)25-13-16-4-8-18(9-5-16)28-11-10-19(27-28)21(22,23)24/h2-11H,12-13H2,1H3,(H,25,30)(H,26,29). The minimum Gasteiger partial charge on any atom is -0.352 e. The number of aromatic nitrogens is 2. The molecule has 1 aromatic heterocycles. The van der Waals surface area contributed by atoms with Crippen molar-refractivity contribution in [3.05, 3.63) is 77.6 Å². The smallest absolute Gasteiger partial charge is 0.352 e. The van der Waals surface area contributed by atoms with E-state index in [1.807, 2.05) is 0 Å². The lowest BCUT2D eigenvalue weighted by atomic mass is 10.1. The molecule has 2 amide bonds. The number of benzene rings is 2. The van der Waals surface area contributed by atoms with Crippen LogP contribution in [0.4, 0.5) is 18.9 Å². The molecule has 2 N–H and O–H groups in total. The first kappa shape index (κ1) is 21.1. The number of carbonyl (C=O) groups is 2. The van der Waals surface area contributed by atoms with Crippen LogP contribution in [0.25, 0.3) is 5.69 Å². The molecule has 0 unspecified atom stereocenters. The summed E-state index contributed by atoms with van der Waals surface area (Å²) in [5.74, 6) is -0.340. The van der Waals surface area contributed by atoms with Crippen molar-refractivity contribution in [2.45, 2.75) is 26.1 Å². The molecule has 6 nitrogen and oxygen atoms in total. The van der Waals surface area contributed by atoms with E-state index in [2.05, 4.69) is 15.7 Å². The quantitative estimate of drug-likeness (QED) is 0.643. The van der Waals surface area contributed by atoms with E-state index in [0.717, 1.165) is 21.9 Å². The summed E-state index contributed by atoms with van der Waals surface area (Å²) in [5, 5.41) is 8.98. The average Bonchev–Trinajstić information content (AvgIpc) is 3.19. The zero-order chi connectivity index (χ0) is 21.7. The lowest BCUT2D eigenvalue weighted by molar-refractivity contribution is -0.141. The van der Waals surface area contributed by atoms with Crippen molar-refractivity contribution in [3.8, 4) is 5.69 Å². The molecule has 9 heteroatoms. The highest BCUT2D eigenvalue weighted by Gasteiger charge is 2.33.